The van der Waals surface area contributed by atoms with E-state index >= 15 is 0 Å². The van der Waals surface area contributed by atoms with Gasteiger partial charge in [-0.1, -0.05) is 28.1 Å². The Bertz CT molecular complexity index is 989. The second kappa shape index (κ2) is 7.11. The molecule has 0 fully saturated rings. The standard InChI is InChI=1S/C19H15BrO5/c1-11-15-9-14(24-10-17(21)23-2)7-8-16(15)25-19(22)18(11)12-3-5-13(20)6-4-12/h3-9H,10H2,1-2H3. The number of halogens is 1. The van der Waals surface area contributed by atoms with Gasteiger partial charge < -0.3 is 13.9 Å². The van der Waals surface area contributed by atoms with Crippen molar-refractivity contribution >= 4 is 32.9 Å². The maximum absolute atomic E-state index is 12.4. The van der Waals surface area contributed by atoms with Crippen LogP contribution in [0.1, 0.15) is 5.56 Å². The summed E-state index contributed by atoms with van der Waals surface area (Å²) in [5.41, 5.74) is 2.14. The van der Waals surface area contributed by atoms with Gasteiger partial charge >= 0.3 is 11.6 Å². The lowest BCUT2D eigenvalue weighted by atomic mass is 9.99. The molecule has 0 N–H and O–H groups in total. The van der Waals surface area contributed by atoms with Crippen LogP contribution in [0, 0.1) is 6.92 Å². The van der Waals surface area contributed by atoms with Crippen molar-refractivity contribution in [2.75, 3.05) is 13.7 Å². The predicted octanol–water partition coefficient (Wildman–Crippen LogP) is 4.08. The van der Waals surface area contributed by atoms with E-state index in [-0.39, 0.29) is 6.61 Å². The number of rotatable bonds is 4. The van der Waals surface area contributed by atoms with Gasteiger partial charge in [-0.15, -0.1) is 0 Å². The van der Waals surface area contributed by atoms with Crippen molar-refractivity contribution in [3.05, 3.63) is 62.9 Å². The average molecular weight is 403 g/mol. The highest BCUT2D eigenvalue weighted by molar-refractivity contribution is 9.10. The first kappa shape index (κ1) is 17.2. The molecule has 0 unspecified atom stereocenters. The van der Waals surface area contributed by atoms with Crippen molar-refractivity contribution in [1.29, 1.82) is 0 Å². The zero-order valence-electron chi connectivity index (χ0n) is 13.7. The van der Waals surface area contributed by atoms with Crippen LogP contribution in [-0.2, 0) is 9.53 Å². The van der Waals surface area contributed by atoms with Crippen LogP contribution in [0.3, 0.4) is 0 Å². The Morgan fingerprint density at radius 3 is 2.56 bits per heavy atom. The number of hydrogen-bond acceptors (Lipinski definition) is 5. The number of esters is 1. The summed E-state index contributed by atoms with van der Waals surface area (Å²) in [4.78, 5) is 23.6. The molecule has 0 saturated heterocycles. The molecule has 0 spiro atoms. The first-order valence-corrected chi connectivity index (χ1v) is 8.32. The number of benzene rings is 2. The van der Waals surface area contributed by atoms with Gasteiger partial charge in [0, 0.05) is 9.86 Å². The molecular weight excluding hydrogens is 388 g/mol. The molecule has 5 nitrogen and oxygen atoms in total. The number of ether oxygens (including phenoxy) is 2. The topological polar surface area (TPSA) is 65.7 Å². The van der Waals surface area contributed by atoms with Crippen molar-refractivity contribution in [3.63, 3.8) is 0 Å². The van der Waals surface area contributed by atoms with Crippen molar-refractivity contribution in [3.8, 4) is 16.9 Å². The summed E-state index contributed by atoms with van der Waals surface area (Å²) in [5.74, 6) is 0.0311. The van der Waals surface area contributed by atoms with E-state index in [1.54, 1.807) is 18.2 Å². The van der Waals surface area contributed by atoms with E-state index in [9.17, 15) is 9.59 Å². The first-order valence-electron chi connectivity index (χ1n) is 7.52. The fraction of sp³-hybridized carbons (Fsp3) is 0.158. The van der Waals surface area contributed by atoms with Crippen LogP contribution < -0.4 is 10.4 Å². The Hall–Kier alpha value is -2.60. The van der Waals surface area contributed by atoms with Crippen LogP contribution in [0.5, 0.6) is 5.75 Å². The normalized spacial score (nSPS) is 10.7. The van der Waals surface area contributed by atoms with Gasteiger partial charge in [0.05, 0.1) is 12.7 Å². The van der Waals surface area contributed by atoms with Crippen molar-refractivity contribution in [2.24, 2.45) is 0 Å². The van der Waals surface area contributed by atoms with Crippen LogP contribution in [0.25, 0.3) is 22.1 Å². The van der Waals surface area contributed by atoms with Crippen molar-refractivity contribution < 1.29 is 18.7 Å². The molecule has 128 valence electrons. The molecule has 6 heteroatoms. The maximum Gasteiger partial charge on any atom is 0.344 e. The van der Waals surface area contributed by atoms with E-state index in [4.69, 9.17) is 9.15 Å². The summed E-state index contributed by atoms with van der Waals surface area (Å²) in [5, 5.41) is 0.750. The van der Waals surface area contributed by atoms with Gasteiger partial charge in [0.1, 0.15) is 11.3 Å². The number of aryl methyl sites for hydroxylation is 1. The lowest BCUT2D eigenvalue weighted by Crippen LogP contribution is -2.12. The van der Waals surface area contributed by atoms with Gasteiger partial charge in [0.15, 0.2) is 6.61 Å². The Morgan fingerprint density at radius 1 is 1.16 bits per heavy atom. The predicted molar refractivity (Wildman–Crippen MR) is 97.9 cm³/mol. The summed E-state index contributed by atoms with van der Waals surface area (Å²) in [6.07, 6.45) is 0. The van der Waals surface area contributed by atoms with E-state index in [1.807, 2.05) is 31.2 Å². The average Bonchev–Trinajstić information content (AvgIpc) is 2.61. The molecule has 2 aromatic carbocycles. The summed E-state index contributed by atoms with van der Waals surface area (Å²) in [6.45, 7) is 1.68. The first-order chi connectivity index (χ1) is 12.0. The molecule has 1 aromatic heterocycles. The molecule has 0 amide bonds. The molecule has 0 aliphatic carbocycles. The van der Waals surface area contributed by atoms with Gasteiger partial charge in [-0.3, -0.25) is 0 Å². The third-order valence-corrected chi connectivity index (χ3v) is 4.38. The molecule has 3 aromatic rings. The Morgan fingerprint density at radius 2 is 1.88 bits per heavy atom. The number of carbonyl (C=O) groups is 1. The molecule has 0 bridgehead atoms. The number of carbonyl (C=O) groups excluding carboxylic acids is 1. The minimum atomic E-state index is -0.466. The van der Waals surface area contributed by atoms with E-state index in [2.05, 4.69) is 20.7 Å². The molecule has 1 heterocycles. The molecule has 0 atom stereocenters. The monoisotopic (exact) mass is 402 g/mol. The molecule has 0 radical (unpaired) electrons. The van der Waals surface area contributed by atoms with E-state index in [0.717, 1.165) is 21.0 Å². The molecule has 25 heavy (non-hydrogen) atoms. The smallest absolute Gasteiger partial charge is 0.344 e. The van der Waals surface area contributed by atoms with Crippen LogP contribution in [-0.4, -0.2) is 19.7 Å². The lowest BCUT2D eigenvalue weighted by molar-refractivity contribution is -0.142. The summed E-state index contributed by atoms with van der Waals surface area (Å²) < 4.78 is 16.3. The zero-order chi connectivity index (χ0) is 18.0. The quantitative estimate of drug-likeness (QED) is 0.485. The summed E-state index contributed by atoms with van der Waals surface area (Å²) in [6, 6.07) is 12.5. The van der Waals surface area contributed by atoms with E-state index in [1.165, 1.54) is 7.11 Å². The third-order valence-electron chi connectivity index (χ3n) is 3.85. The number of fused-ring (bicyclic) bond motifs is 1. The van der Waals surface area contributed by atoms with Gasteiger partial charge in [-0.2, -0.15) is 0 Å². The molecule has 0 aliphatic rings. The van der Waals surface area contributed by atoms with Crippen LogP contribution in [0.4, 0.5) is 0 Å². The highest BCUT2D eigenvalue weighted by atomic mass is 79.9. The molecule has 3 rings (SSSR count). The minimum absolute atomic E-state index is 0.183. The molecule has 0 aliphatic heterocycles. The van der Waals surface area contributed by atoms with Crippen molar-refractivity contribution in [1.82, 2.24) is 0 Å². The molecule has 0 saturated carbocycles. The Labute approximate surface area is 152 Å². The van der Waals surface area contributed by atoms with E-state index < -0.39 is 11.6 Å². The lowest BCUT2D eigenvalue weighted by Gasteiger charge is -2.10. The van der Waals surface area contributed by atoms with Gasteiger partial charge in [0.2, 0.25) is 0 Å². The van der Waals surface area contributed by atoms with Crippen LogP contribution >= 0.6 is 15.9 Å². The Balaban J connectivity index is 2.08. The van der Waals surface area contributed by atoms with Gasteiger partial charge in [-0.05, 0) is 48.4 Å². The molecular formula is C19H15BrO5. The SMILES string of the molecule is COC(=O)COc1ccc2oc(=O)c(-c3ccc(Br)cc3)c(C)c2c1. The highest BCUT2D eigenvalue weighted by Gasteiger charge is 2.14. The fourth-order valence-corrected chi connectivity index (χ4v) is 2.84. The third kappa shape index (κ3) is 3.58. The number of methoxy groups -OCH3 is 1. The van der Waals surface area contributed by atoms with Crippen LogP contribution in [0.15, 0.2) is 56.1 Å². The zero-order valence-corrected chi connectivity index (χ0v) is 15.3. The number of hydrogen-bond donors (Lipinski definition) is 0. The summed E-state index contributed by atoms with van der Waals surface area (Å²) >= 11 is 3.38. The largest absolute Gasteiger partial charge is 0.482 e. The summed E-state index contributed by atoms with van der Waals surface area (Å²) in [7, 11) is 1.30. The maximum atomic E-state index is 12.4. The second-order valence-corrected chi connectivity index (χ2v) is 6.33. The van der Waals surface area contributed by atoms with E-state index in [0.29, 0.717) is 16.9 Å². The van der Waals surface area contributed by atoms with Gasteiger partial charge in [-0.25, -0.2) is 9.59 Å². The van der Waals surface area contributed by atoms with Gasteiger partial charge in [0.25, 0.3) is 0 Å². The van der Waals surface area contributed by atoms with Crippen LogP contribution in [0.2, 0.25) is 0 Å². The second-order valence-electron chi connectivity index (χ2n) is 5.42. The van der Waals surface area contributed by atoms with Crippen molar-refractivity contribution in [2.45, 2.75) is 6.92 Å². The highest BCUT2D eigenvalue weighted by Crippen LogP contribution is 2.29. The Kier molecular flexibility index (Phi) is 4.90. The fourth-order valence-electron chi connectivity index (χ4n) is 2.57. The minimum Gasteiger partial charge on any atom is -0.482 e.